The molecular formula is C13H18FNO2. The summed E-state index contributed by atoms with van der Waals surface area (Å²) >= 11 is 0. The van der Waals surface area contributed by atoms with E-state index in [-0.39, 0.29) is 11.3 Å². The Hall–Kier alpha value is -1.42. The van der Waals surface area contributed by atoms with Gasteiger partial charge in [-0.3, -0.25) is 4.79 Å². The number of rotatable bonds is 5. The van der Waals surface area contributed by atoms with Crippen LogP contribution in [-0.2, 0) is 0 Å². The quantitative estimate of drug-likeness (QED) is 0.803. The molecule has 1 atom stereocenters. The normalized spacial score (nSPS) is 14.2. The monoisotopic (exact) mass is 239 g/mol. The SMILES string of the molecule is CCCC(C)(N)C(=O)c1ccc(OC)cc1F. The first-order valence-corrected chi connectivity index (χ1v) is 5.59. The number of benzene rings is 1. The van der Waals surface area contributed by atoms with Crippen molar-refractivity contribution in [2.75, 3.05) is 7.11 Å². The lowest BCUT2D eigenvalue weighted by Crippen LogP contribution is -2.45. The molecule has 0 aliphatic heterocycles. The highest BCUT2D eigenvalue weighted by molar-refractivity contribution is 6.03. The second-order valence-corrected chi connectivity index (χ2v) is 4.34. The summed E-state index contributed by atoms with van der Waals surface area (Å²) in [5, 5.41) is 0. The molecule has 94 valence electrons. The van der Waals surface area contributed by atoms with Crippen molar-refractivity contribution in [3.63, 3.8) is 0 Å². The van der Waals surface area contributed by atoms with Crippen molar-refractivity contribution >= 4 is 5.78 Å². The molecule has 0 aliphatic rings. The van der Waals surface area contributed by atoms with Crippen molar-refractivity contribution in [3.05, 3.63) is 29.6 Å². The average Bonchev–Trinajstić information content (AvgIpc) is 2.28. The van der Waals surface area contributed by atoms with E-state index in [1.165, 1.54) is 19.2 Å². The first-order valence-electron chi connectivity index (χ1n) is 5.59. The summed E-state index contributed by atoms with van der Waals surface area (Å²) in [4.78, 5) is 12.1. The topological polar surface area (TPSA) is 52.3 Å². The third kappa shape index (κ3) is 3.03. The van der Waals surface area contributed by atoms with Crippen LogP contribution in [0.4, 0.5) is 4.39 Å². The van der Waals surface area contributed by atoms with Crippen molar-refractivity contribution in [3.8, 4) is 5.75 Å². The lowest BCUT2D eigenvalue weighted by atomic mass is 9.88. The maximum absolute atomic E-state index is 13.7. The molecule has 2 N–H and O–H groups in total. The molecular weight excluding hydrogens is 221 g/mol. The molecule has 1 unspecified atom stereocenters. The smallest absolute Gasteiger partial charge is 0.185 e. The van der Waals surface area contributed by atoms with Gasteiger partial charge in [0.25, 0.3) is 0 Å². The van der Waals surface area contributed by atoms with Gasteiger partial charge < -0.3 is 10.5 Å². The number of hydrogen-bond acceptors (Lipinski definition) is 3. The van der Waals surface area contributed by atoms with E-state index in [1.54, 1.807) is 13.0 Å². The Labute approximate surface area is 101 Å². The first kappa shape index (κ1) is 13.6. The van der Waals surface area contributed by atoms with Gasteiger partial charge >= 0.3 is 0 Å². The number of nitrogens with two attached hydrogens (primary N) is 1. The minimum atomic E-state index is -1.02. The minimum absolute atomic E-state index is 0.0178. The number of hydrogen-bond donors (Lipinski definition) is 1. The van der Waals surface area contributed by atoms with Gasteiger partial charge in [0.1, 0.15) is 11.6 Å². The van der Waals surface area contributed by atoms with Crippen molar-refractivity contribution < 1.29 is 13.9 Å². The van der Waals surface area contributed by atoms with Crippen LogP contribution in [0.3, 0.4) is 0 Å². The highest BCUT2D eigenvalue weighted by atomic mass is 19.1. The number of ether oxygens (including phenoxy) is 1. The molecule has 1 aromatic carbocycles. The third-order valence-electron chi connectivity index (χ3n) is 2.71. The minimum Gasteiger partial charge on any atom is -0.497 e. The molecule has 0 heterocycles. The van der Waals surface area contributed by atoms with Crippen LogP contribution in [0.5, 0.6) is 5.75 Å². The zero-order valence-electron chi connectivity index (χ0n) is 10.4. The van der Waals surface area contributed by atoms with Gasteiger partial charge in [0.2, 0.25) is 0 Å². The zero-order valence-corrected chi connectivity index (χ0v) is 10.4. The van der Waals surface area contributed by atoms with Crippen LogP contribution < -0.4 is 10.5 Å². The van der Waals surface area contributed by atoms with Crippen LogP contribution in [0.1, 0.15) is 37.0 Å². The highest BCUT2D eigenvalue weighted by Gasteiger charge is 2.30. The number of halogens is 1. The lowest BCUT2D eigenvalue weighted by molar-refractivity contribution is 0.0888. The van der Waals surface area contributed by atoms with Crippen LogP contribution >= 0.6 is 0 Å². The van der Waals surface area contributed by atoms with E-state index in [4.69, 9.17) is 10.5 Å². The molecule has 17 heavy (non-hydrogen) atoms. The van der Waals surface area contributed by atoms with Crippen LogP contribution in [-0.4, -0.2) is 18.4 Å². The number of carbonyl (C=O) groups excluding carboxylic acids is 1. The summed E-state index contributed by atoms with van der Waals surface area (Å²) in [5.41, 5.74) is 4.89. The molecule has 0 aliphatic carbocycles. The molecule has 0 spiro atoms. The standard InChI is InChI=1S/C13H18FNO2/c1-4-7-13(2,15)12(16)10-6-5-9(17-3)8-11(10)14/h5-6,8H,4,7,15H2,1-3H3. The van der Waals surface area contributed by atoms with Gasteiger partial charge in [0, 0.05) is 6.07 Å². The van der Waals surface area contributed by atoms with E-state index in [1.807, 2.05) is 6.92 Å². The molecule has 0 saturated carbocycles. The van der Waals surface area contributed by atoms with Crippen molar-refractivity contribution in [2.24, 2.45) is 5.73 Å². The van der Waals surface area contributed by atoms with Gasteiger partial charge in [-0.25, -0.2) is 4.39 Å². The van der Waals surface area contributed by atoms with Crippen LogP contribution in [0.15, 0.2) is 18.2 Å². The number of ketones is 1. The molecule has 0 bridgehead atoms. The lowest BCUT2D eigenvalue weighted by Gasteiger charge is -2.22. The summed E-state index contributed by atoms with van der Waals surface area (Å²) < 4.78 is 18.6. The second-order valence-electron chi connectivity index (χ2n) is 4.34. The van der Waals surface area contributed by atoms with Crippen LogP contribution in [0.25, 0.3) is 0 Å². The Kier molecular flexibility index (Phi) is 4.23. The van der Waals surface area contributed by atoms with Gasteiger partial charge in [0.05, 0.1) is 18.2 Å². The fourth-order valence-electron chi connectivity index (χ4n) is 1.75. The Morgan fingerprint density at radius 2 is 2.18 bits per heavy atom. The Balaban J connectivity index is 3.04. The van der Waals surface area contributed by atoms with E-state index < -0.39 is 11.4 Å². The maximum Gasteiger partial charge on any atom is 0.185 e. The molecule has 0 amide bonds. The molecule has 3 nitrogen and oxygen atoms in total. The molecule has 0 fully saturated rings. The first-order chi connectivity index (χ1) is 7.92. The van der Waals surface area contributed by atoms with Gasteiger partial charge in [-0.05, 0) is 25.5 Å². The van der Waals surface area contributed by atoms with E-state index in [0.717, 1.165) is 6.42 Å². The summed E-state index contributed by atoms with van der Waals surface area (Å²) in [7, 11) is 1.44. The van der Waals surface area contributed by atoms with E-state index >= 15 is 0 Å². The predicted molar refractivity (Wildman–Crippen MR) is 64.8 cm³/mol. The maximum atomic E-state index is 13.7. The summed E-state index contributed by atoms with van der Waals surface area (Å²) in [6.07, 6.45) is 1.30. The number of carbonyl (C=O) groups is 1. The molecule has 0 aromatic heterocycles. The fourth-order valence-corrected chi connectivity index (χ4v) is 1.75. The van der Waals surface area contributed by atoms with Crippen molar-refractivity contribution in [1.82, 2.24) is 0 Å². The highest BCUT2D eigenvalue weighted by Crippen LogP contribution is 2.22. The average molecular weight is 239 g/mol. The fraction of sp³-hybridized carbons (Fsp3) is 0.462. The second kappa shape index (κ2) is 5.27. The van der Waals surface area contributed by atoms with E-state index in [9.17, 15) is 9.18 Å². The van der Waals surface area contributed by atoms with Crippen molar-refractivity contribution in [2.45, 2.75) is 32.2 Å². The summed E-state index contributed by atoms with van der Waals surface area (Å²) in [6, 6.07) is 4.16. The van der Waals surface area contributed by atoms with Gasteiger partial charge in [-0.2, -0.15) is 0 Å². The summed E-state index contributed by atoms with van der Waals surface area (Å²) in [5.74, 6) is -0.588. The zero-order chi connectivity index (χ0) is 13.1. The van der Waals surface area contributed by atoms with Crippen molar-refractivity contribution in [1.29, 1.82) is 0 Å². The largest absolute Gasteiger partial charge is 0.497 e. The molecule has 4 heteroatoms. The van der Waals surface area contributed by atoms with Gasteiger partial charge in [-0.15, -0.1) is 0 Å². The Bertz CT molecular complexity index is 416. The molecule has 1 rings (SSSR count). The molecule has 0 saturated heterocycles. The molecule has 1 aromatic rings. The Morgan fingerprint density at radius 1 is 1.53 bits per heavy atom. The van der Waals surface area contributed by atoms with Gasteiger partial charge in [0.15, 0.2) is 5.78 Å². The third-order valence-corrected chi connectivity index (χ3v) is 2.71. The van der Waals surface area contributed by atoms with E-state index in [2.05, 4.69) is 0 Å². The van der Waals surface area contributed by atoms with Crippen LogP contribution in [0, 0.1) is 5.82 Å². The number of Topliss-reactive ketones (excluding diaryl/α,β-unsaturated/α-hetero) is 1. The molecule has 0 radical (unpaired) electrons. The van der Waals surface area contributed by atoms with Crippen LogP contribution in [0.2, 0.25) is 0 Å². The number of methoxy groups -OCH3 is 1. The van der Waals surface area contributed by atoms with Gasteiger partial charge in [-0.1, -0.05) is 13.3 Å². The van der Waals surface area contributed by atoms with E-state index in [0.29, 0.717) is 12.2 Å². The Morgan fingerprint density at radius 3 is 2.65 bits per heavy atom. The summed E-state index contributed by atoms with van der Waals surface area (Å²) in [6.45, 7) is 3.56. The predicted octanol–water partition coefficient (Wildman–Crippen LogP) is 2.53.